The number of ketones is 2. The predicted octanol–water partition coefficient (Wildman–Crippen LogP) is 11.7. The zero-order chi connectivity index (χ0) is 39.6. The molecule has 2 aliphatic rings. The molecule has 58 heavy (non-hydrogen) atoms. The third-order valence-electron chi connectivity index (χ3n) is 10.8. The van der Waals surface area contributed by atoms with E-state index < -0.39 is 0 Å². The summed E-state index contributed by atoms with van der Waals surface area (Å²) in [6.45, 7) is 0. The lowest BCUT2D eigenvalue weighted by molar-refractivity contribution is -0.109. The Hall–Kier alpha value is -7.69. The molecular weight excluding hydrogens is 713 g/mol. The second-order valence-electron chi connectivity index (χ2n) is 14.1. The molecule has 0 amide bonds. The fraction of sp³-hybridized carbons (Fsp3) is 0.0185. The Labute approximate surface area is 337 Å². The summed E-state index contributed by atoms with van der Waals surface area (Å²) < 4.78 is 6.31. The highest BCUT2D eigenvalue weighted by atomic mass is 16.5. The van der Waals surface area contributed by atoms with E-state index in [2.05, 4.69) is 0 Å². The smallest absolute Gasteiger partial charge is 0.195 e. The molecule has 0 aliphatic heterocycles. The van der Waals surface area contributed by atoms with Crippen LogP contribution in [-0.2, 0) is 9.59 Å². The Balaban J connectivity index is 1.38. The van der Waals surface area contributed by atoms with Gasteiger partial charge in [0, 0.05) is 55.7 Å². The lowest BCUT2D eigenvalue weighted by Gasteiger charge is -2.21. The number of carbonyl (C=O) groups excluding carboxylic acids is 3. The van der Waals surface area contributed by atoms with Gasteiger partial charge in [-0.05, 0) is 51.1 Å². The van der Waals surface area contributed by atoms with E-state index in [1.165, 1.54) is 0 Å². The van der Waals surface area contributed by atoms with Crippen LogP contribution in [0.4, 0.5) is 0 Å². The summed E-state index contributed by atoms with van der Waals surface area (Å²) in [5, 5.41) is 0. The van der Waals surface area contributed by atoms with Gasteiger partial charge < -0.3 is 4.74 Å². The zero-order valence-electron chi connectivity index (χ0n) is 31.7. The Bertz CT molecular complexity index is 2850. The minimum atomic E-state index is -0.136. The summed E-state index contributed by atoms with van der Waals surface area (Å²) >= 11 is 0. The topological polar surface area (TPSA) is 60.4 Å². The predicted molar refractivity (Wildman–Crippen MR) is 234 cm³/mol. The summed E-state index contributed by atoms with van der Waals surface area (Å²) in [6.07, 6.45) is 0.838. The van der Waals surface area contributed by atoms with Crippen molar-refractivity contribution in [3.8, 4) is 5.75 Å². The maximum atomic E-state index is 15.0. The van der Waals surface area contributed by atoms with Crippen molar-refractivity contribution in [1.82, 2.24) is 0 Å². The molecule has 276 valence electrons. The number of methoxy groups -OCH3 is 1. The van der Waals surface area contributed by atoms with E-state index >= 15 is 9.59 Å². The summed E-state index contributed by atoms with van der Waals surface area (Å²) in [6, 6.07) is 62.0. The fourth-order valence-corrected chi connectivity index (χ4v) is 8.33. The summed E-state index contributed by atoms with van der Waals surface area (Å²) in [5.74, 6) is 0.193. The lowest BCUT2D eigenvalue weighted by Crippen LogP contribution is -2.04. The van der Waals surface area contributed by atoms with Crippen LogP contribution in [0.25, 0.3) is 44.6 Å². The number of hydrogen-bond donors (Lipinski definition) is 0. The van der Waals surface area contributed by atoms with E-state index in [0.717, 1.165) is 50.8 Å². The van der Waals surface area contributed by atoms with Crippen molar-refractivity contribution < 1.29 is 19.1 Å². The number of rotatable bonds is 10. The highest BCUT2D eigenvalue weighted by molar-refractivity contribution is 6.60. The molecule has 0 spiro atoms. The van der Waals surface area contributed by atoms with Gasteiger partial charge in [0.1, 0.15) is 5.75 Å². The van der Waals surface area contributed by atoms with Crippen molar-refractivity contribution in [3.63, 3.8) is 0 Å². The first-order valence-electron chi connectivity index (χ1n) is 19.2. The second-order valence-corrected chi connectivity index (χ2v) is 14.1. The van der Waals surface area contributed by atoms with Crippen LogP contribution >= 0.6 is 0 Å². The van der Waals surface area contributed by atoms with E-state index in [4.69, 9.17) is 4.74 Å². The molecule has 0 saturated carbocycles. The van der Waals surface area contributed by atoms with Gasteiger partial charge >= 0.3 is 0 Å². The Kier molecular flexibility index (Phi) is 9.58. The number of carbonyl (C=O) groups is 3. The highest BCUT2D eigenvalue weighted by Crippen LogP contribution is 2.54. The monoisotopic (exact) mass is 748 g/mol. The van der Waals surface area contributed by atoms with Crippen molar-refractivity contribution in [2.75, 3.05) is 7.11 Å². The number of hydrogen-bond acceptors (Lipinski definition) is 4. The van der Waals surface area contributed by atoms with Crippen molar-refractivity contribution in [3.05, 3.63) is 244 Å². The molecule has 0 N–H and O–H groups in total. The first-order chi connectivity index (χ1) is 28.6. The average molecular weight is 749 g/mol. The maximum absolute atomic E-state index is 15.0. The first-order valence-corrected chi connectivity index (χ1v) is 19.2. The summed E-state index contributed by atoms with van der Waals surface area (Å²) in [7, 11) is 1.60. The third-order valence-corrected chi connectivity index (χ3v) is 10.8. The summed E-state index contributed by atoms with van der Waals surface area (Å²) in [4.78, 5) is 43.7. The Morgan fingerprint density at radius 2 is 0.621 bits per heavy atom. The normalized spacial score (nSPS) is 14.2. The van der Waals surface area contributed by atoms with E-state index in [1.807, 2.05) is 194 Å². The zero-order valence-corrected chi connectivity index (χ0v) is 31.7. The van der Waals surface area contributed by atoms with Gasteiger partial charge in [0.15, 0.2) is 17.9 Å². The standard InChI is InChI=1S/C54H36O4/c1-58-44-33-42(51-45(35-20-8-2-9-21-35)47(37-24-12-4-13-25-37)53(56)49(51)39-28-16-6-17-29-39)41(34-55)32-43(44)52-46(36-22-10-3-11-23-36)48(38-26-14-5-15-27-38)54(57)50(52)40-30-18-7-19-31-40/h2-34H,1H3. The molecule has 7 aromatic rings. The van der Waals surface area contributed by atoms with Gasteiger partial charge in [-0.3, -0.25) is 14.4 Å². The van der Waals surface area contributed by atoms with Gasteiger partial charge in [-0.15, -0.1) is 0 Å². The minimum absolute atomic E-state index is 0.123. The maximum Gasteiger partial charge on any atom is 0.195 e. The van der Waals surface area contributed by atoms with Crippen LogP contribution in [-0.4, -0.2) is 25.0 Å². The fourth-order valence-electron chi connectivity index (χ4n) is 8.33. The van der Waals surface area contributed by atoms with Gasteiger partial charge in [-0.1, -0.05) is 182 Å². The lowest BCUT2D eigenvalue weighted by atomic mass is 9.83. The van der Waals surface area contributed by atoms with E-state index in [1.54, 1.807) is 7.11 Å². The molecule has 2 aliphatic carbocycles. The van der Waals surface area contributed by atoms with Crippen molar-refractivity contribution in [2.45, 2.75) is 0 Å². The number of benzene rings is 7. The molecule has 0 heterocycles. The molecule has 0 bridgehead atoms. The largest absolute Gasteiger partial charge is 0.496 e. The highest BCUT2D eigenvalue weighted by Gasteiger charge is 2.39. The SMILES string of the molecule is COc1cc(C2=C(c3ccccc3)C(=O)C(c3ccccc3)=C2c2ccccc2)c(C=O)cc1C1=C(c2ccccc2)C(=O)C(c2ccccc2)=C1c1ccccc1. The molecule has 4 nitrogen and oxygen atoms in total. The number of allylic oxidation sites excluding steroid dienone is 8. The van der Waals surface area contributed by atoms with Gasteiger partial charge in [-0.2, -0.15) is 0 Å². The van der Waals surface area contributed by atoms with Crippen LogP contribution in [0.15, 0.2) is 194 Å². The van der Waals surface area contributed by atoms with Gasteiger partial charge in [0.05, 0.1) is 7.11 Å². The number of ether oxygens (including phenoxy) is 1. The van der Waals surface area contributed by atoms with Crippen LogP contribution < -0.4 is 4.74 Å². The molecule has 7 aromatic carbocycles. The molecular formula is C54H36O4. The summed E-state index contributed by atoms with van der Waals surface area (Å²) in [5.41, 5.74) is 11.1. The van der Waals surface area contributed by atoms with Crippen molar-refractivity contribution in [2.24, 2.45) is 0 Å². The Morgan fingerprint density at radius 1 is 0.345 bits per heavy atom. The van der Waals surface area contributed by atoms with E-state index in [9.17, 15) is 4.79 Å². The second kappa shape index (κ2) is 15.4. The molecule has 0 unspecified atom stereocenters. The number of aldehydes is 1. The van der Waals surface area contributed by atoms with Crippen LogP contribution in [0.5, 0.6) is 5.75 Å². The van der Waals surface area contributed by atoms with Crippen LogP contribution in [0, 0.1) is 0 Å². The van der Waals surface area contributed by atoms with E-state index in [0.29, 0.717) is 55.9 Å². The molecule has 0 saturated heterocycles. The molecule has 0 aromatic heterocycles. The molecule has 0 atom stereocenters. The van der Waals surface area contributed by atoms with E-state index in [-0.39, 0.29) is 11.6 Å². The van der Waals surface area contributed by atoms with Crippen LogP contribution in [0.3, 0.4) is 0 Å². The molecule has 0 fully saturated rings. The van der Waals surface area contributed by atoms with Gasteiger partial charge in [0.2, 0.25) is 0 Å². The minimum Gasteiger partial charge on any atom is -0.496 e. The first kappa shape index (κ1) is 36.0. The average Bonchev–Trinajstić information content (AvgIpc) is 3.78. The van der Waals surface area contributed by atoms with Crippen LogP contribution in [0.2, 0.25) is 0 Å². The van der Waals surface area contributed by atoms with Crippen molar-refractivity contribution in [1.29, 1.82) is 0 Å². The van der Waals surface area contributed by atoms with Crippen molar-refractivity contribution >= 4 is 62.4 Å². The molecule has 4 heteroatoms. The third kappa shape index (κ3) is 6.18. The number of Topliss-reactive ketones (excluding diaryl/α,β-unsaturated/α-hetero) is 2. The quantitative estimate of drug-likeness (QED) is 0.131. The Morgan fingerprint density at radius 3 is 0.914 bits per heavy atom. The van der Waals surface area contributed by atoms with Crippen LogP contribution in [0.1, 0.15) is 54.9 Å². The molecule has 9 rings (SSSR count). The van der Waals surface area contributed by atoms with Gasteiger partial charge in [-0.25, -0.2) is 0 Å². The van der Waals surface area contributed by atoms with Gasteiger partial charge in [0.25, 0.3) is 0 Å². The molecule has 0 radical (unpaired) electrons.